The van der Waals surface area contributed by atoms with Crippen LogP contribution in [0.25, 0.3) is 43.6 Å². The van der Waals surface area contributed by atoms with Gasteiger partial charge < -0.3 is 18.6 Å². The summed E-state index contributed by atoms with van der Waals surface area (Å²) in [5, 5.41) is 2.58. The van der Waals surface area contributed by atoms with Gasteiger partial charge in [0.1, 0.15) is 13.2 Å². The minimum Gasteiger partial charge on any atom is -0.464 e. The number of hydrogen-bond acceptors (Lipinski definition) is 6. The van der Waals surface area contributed by atoms with E-state index in [1.807, 2.05) is 106 Å². The number of ether oxygens (including phenoxy) is 2. The maximum absolute atomic E-state index is 12.9. The average molecular weight is 617 g/mol. The molecule has 4 aromatic carbocycles. The van der Waals surface area contributed by atoms with E-state index in [-0.39, 0.29) is 36.0 Å². The van der Waals surface area contributed by atoms with E-state index in [4.69, 9.17) is 9.47 Å². The van der Waals surface area contributed by atoms with Crippen LogP contribution >= 0.6 is 0 Å². The molecule has 0 atom stereocenters. The van der Waals surface area contributed by atoms with Gasteiger partial charge in [-0.3, -0.25) is 19.2 Å². The molecule has 0 saturated carbocycles. The summed E-state index contributed by atoms with van der Waals surface area (Å²) in [6, 6.07) is 30.0. The molecule has 0 spiro atoms. The molecule has 8 nitrogen and oxygen atoms in total. The first kappa shape index (κ1) is 30.8. The molecule has 0 aliphatic heterocycles. The van der Waals surface area contributed by atoms with Gasteiger partial charge in [0, 0.05) is 34.4 Å². The van der Waals surface area contributed by atoms with Gasteiger partial charge in [-0.25, -0.2) is 0 Å². The van der Waals surface area contributed by atoms with Crippen molar-refractivity contribution in [2.75, 3.05) is 13.2 Å². The van der Waals surface area contributed by atoms with E-state index in [0.717, 1.165) is 34.9 Å². The van der Waals surface area contributed by atoms with Gasteiger partial charge in [-0.1, -0.05) is 61.4 Å². The van der Waals surface area contributed by atoms with E-state index in [9.17, 15) is 19.2 Å². The van der Waals surface area contributed by atoms with Gasteiger partial charge in [-0.05, 0) is 61.4 Å². The lowest BCUT2D eigenvalue weighted by Crippen LogP contribution is -2.16. The molecule has 0 unspecified atom stereocenters. The first-order chi connectivity index (χ1) is 22.5. The topological polar surface area (TPSA) is 96.6 Å². The predicted octanol–water partition coefficient (Wildman–Crippen LogP) is 6.75. The number of para-hydroxylation sites is 4. The van der Waals surface area contributed by atoms with Crippen molar-refractivity contribution in [2.45, 2.75) is 51.6 Å². The summed E-state index contributed by atoms with van der Waals surface area (Å²) in [6.45, 7) is 1.33. The number of benzene rings is 4. The Morgan fingerprint density at radius 3 is 1.09 bits per heavy atom. The molecule has 0 fully saturated rings. The van der Waals surface area contributed by atoms with Crippen LogP contribution in [-0.4, -0.2) is 34.3 Å². The second kappa shape index (κ2) is 14.2. The Labute approximate surface area is 265 Å². The number of pyridine rings is 2. The van der Waals surface area contributed by atoms with Crippen molar-refractivity contribution in [3.8, 4) is 0 Å². The van der Waals surface area contributed by atoms with Gasteiger partial charge in [0.05, 0.1) is 35.2 Å². The van der Waals surface area contributed by atoms with Crippen molar-refractivity contribution >= 4 is 55.6 Å². The van der Waals surface area contributed by atoms with Crippen molar-refractivity contribution in [3.63, 3.8) is 0 Å². The summed E-state index contributed by atoms with van der Waals surface area (Å²) in [4.78, 5) is 50.6. The third kappa shape index (κ3) is 6.56. The third-order valence-electron chi connectivity index (χ3n) is 8.43. The molecule has 0 radical (unpaired) electrons. The number of hydrogen-bond donors (Lipinski definition) is 0. The number of rotatable bonds is 13. The standard InChI is InChI=1S/C38H36N2O6/c41-35(45-25-23-39-31-17-9-5-13-27(31)37(43)28-14-6-10-18-32(28)39)21-3-1-2-4-22-36(42)46-26-24-40-33-19-11-7-15-29(33)38(44)30-16-8-12-20-34(30)40/h5-20H,1-4,21-26H2. The number of carbonyl (C=O) groups is 2. The number of nitrogens with zero attached hydrogens (tertiary/aromatic N) is 2. The normalized spacial score (nSPS) is 11.4. The molecule has 0 N–H and O–H groups in total. The van der Waals surface area contributed by atoms with Crippen LogP contribution in [0, 0.1) is 0 Å². The number of fused-ring (bicyclic) bond motifs is 4. The largest absolute Gasteiger partial charge is 0.464 e. The van der Waals surface area contributed by atoms with Crippen LogP contribution in [0.2, 0.25) is 0 Å². The van der Waals surface area contributed by atoms with E-state index < -0.39 is 0 Å². The Kier molecular flexibility index (Phi) is 9.53. The van der Waals surface area contributed by atoms with Gasteiger partial charge >= 0.3 is 11.9 Å². The minimum absolute atomic E-state index is 0.00112. The first-order valence-corrected chi connectivity index (χ1v) is 15.8. The molecule has 0 aliphatic rings. The van der Waals surface area contributed by atoms with Gasteiger partial charge in [-0.15, -0.1) is 0 Å². The van der Waals surface area contributed by atoms with Crippen molar-refractivity contribution in [1.82, 2.24) is 9.13 Å². The number of aromatic nitrogens is 2. The quantitative estimate of drug-likeness (QED) is 0.0809. The van der Waals surface area contributed by atoms with E-state index in [2.05, 4.69) is 0 Å². The Morgan fingerprint density at radius 1 is 0.457 bits per heavy atom. The van der Waals surface area contributed by atoms with E-state index in [1.54, 1.807) is 0 Å². The summed E-state index contributed by atoms with van der Waals surface area (Å²) < 4.78 is 15.1. The lowest BCUT2D eigenvalue weighted by Gasteiger charge is -2.15. The highest BCUT2D eigenvalue weighted by Gasteiger charge is 2.13. The lowest BCUT2D eigenvalue weighted by atomic mass is 10.1. The highest BCUT2D eigenvalue weighted by atomic mass is 16.5. The summed E-state index contributed by atoms with van der Waals surface area (Å²) in [5.74, 6) is -0.506. The van der Waals surface area contributed by atoms with Gasteiger partial charge in [0.15, 0.2) is 10.9 Å². The molecular weight excluding hydrogens is 580 g/mol. The lowest BCUT2D eigenvalue weighted by molar-refractivity contribution is -0.145. The van der Waals surface area contributed by atoms with Crippen molar-refractivity contribution in [2.24, 2.45) is 0 Å². The minimum atomic E-state index is -0.253. The van der Waals surface area contributed by atoms with Crippen LogP contribution in [-0.2, 0) is 32.2 Å². The molecule has 0 amide bonds. The van der Waals surface area contributed by atoms with Crippen LogP contribution in [0.5, 0.6) is 0 Å². The summed E-state index contributed by atoms with van der Waals surface area (Å²) in [6.07, 6.45) is 3.63. The Balaban J connectivity index is 0.910. The van der Waals surface area contributed by atoms with E-state index >= 15 is 0 Å². The van der Waals surface area contributed by atoms with Crippen molar-refractivity contribution in [1.29, 1.82) is 0 Å². The summed E-state index contributed by atoms with van der Waals surface area (Å²) in [5.41, 5.74) is 3.28. The number of carbonyl (C=O) groups excluding carboxylic acids is 2. The SMILES string of the molecule is O=C(CCCCCCC(=O)OCCn1c2ccccc2c(=O)c2ccccc21)OCCn1c2ccccc2c(=O)c2ccccc21. The molecule has 0 saturated heterocycles. The maximum atomic E-state index is 12.9. The third-order valence-corrected chi connectivity index (χ3v) is 8.43. The van der Waals surface area contributed by atoms with Crippen LogP contribution < -0.4 is 10.9 Å². The second-order valence-electron chi connectivity index (χ2n) is 11.4. The van der Waals surface area contributed by atoms with E-state index in [0.29, 0.717) is 60.3 Å². The smallest absolute Gasteiger partial charge is 0.305 e. The van der Waals surface area contributed by atoms with Gasteiger partial charge in [0.2, 0.25) is 0 Å². The van der Waals surface area contributed by atoms with Crippen LogP contribution in [0.4, 0.5) is 0 Å². The molecule has 46 heavy (non-hydrogen) atoms. The highest BCUT2D eigenvalue weighted by molar-refractivity contribution is 5.94. The highest BCUT2D eigenvalue weighted by Crippen LogP contribution is 2.20. The molecule has 6 rings (SSSR count). The predicted molar refractivity (Wildman–Crippen MR) is 181 cm³/mol. The zero-order chi connectivity index (χ0) is 31.9. The Morgan fingerprint density at radius 2 is 0.761 bits per heavy atom. The molecular formula is C38H36N2O6. The molecule has 8 heteroatoms. The fourth-order valence-electron chi connectivity index (χ4n) is 6.17. The monoisotopic (exact) mass is 616 g/mol. The molecule has 234 valence electrons. The Bertz CT molecular complexity index is 1890. The maximum Gasteiger partial charge on any atom is 0.305 e. The van der Waals surface area contributed by atoms with Gasteiger partial charge in [0.25, 0.3) is 0 Å². The van der Waals surface area contributed by atoms with Crippen molar-refractivity contribution < 1.29 is 19.1 Å². The van der Waals surface area contributed by atoms with E-state index in [1.165, 1.54) is 0 Å². The Hall–Kier alpha value is -5.24. The van der Waals surface area contributed by atoms with Crippen LogP contribution in [0.15, 0.2) is 107 Å². The average Bonchev–Trinajstić information content (AvgIpc) is 3.09. The number of unbranched alkanes of at least 4 members (excludes halogenated alkanes) is 3. The van der Waals surface area contributed by atoms with Crippen LogP contribution in [0.1, 0.15) is 38.5 Å². The summed E-state index contributed by atoms with van der Waals surface area (Å²) >= 11 is 0. The van der Waals surface area contributed by atoms with Gasteiger partial charge in [-0.2, -0.15) is 0 Å². The fourth-order valence-corrected chi connectivity index (χ4v) is 6.17. The fraction of sp³-hybridized carbons (Fsp3) is 0.263. The molecule has 6 aromatic rings. The zero-order valence-corrected chi connectivity index (χ0v) is 25.7. The molecule has 2 heterocycles. The second-order valence-corrected chi connectivity index (χ2v) is 11.4. The molecule has 0 aliphatic carbocycles. The zero-order valence-electron chi connectivity index (χ0n) is 25.7. The molecule has 0 bridgehead atoms. The molecule has 2 aromatic heterocycles. The summed E-state index contributed by atoms with van der Waals surface area (Å²) in [7, 11) is 0. The van der Waals surface area contributed by atoms with Crippen LogP contribution in [0.3, 0.4) is 0 Å². The number of esters is 2. The first-order valence-electron chi connectivity index (χ1n) is 15.8. The van der Waals surface area contributed by atoms with Crippen molar-refractivity contribution in [3.05, 3.63) is 118 Å².